The van der Waals surface area contributed by atoms with Crippen LogP contribution in [-0.4, -0.2) is 32.6 Å². The van der Waals surface area contributed by atoms with Gasteiger partial charge in [0.15, 0.2) is 5.76 Å². The Morgan fingerprint density at radius 2 is 1.80 bits per heavy atom. The summed E-state index contributed by atoms with van der Waals surface area (Å²) in [6.07, 6.45) is 1.01. The quantitative estimate of drug-likeness (QED) is 0.692. The van der Waals surface area contributed by atoms with Crippen LogP contribution in [0.15, 0.2) is 33.7 Å². The number of hydrogen-bond donors (Lipinski definition) is 2. The summed E-state index contributed by atoms with van der Waals surface area (Å²) in [7, 11) is -3.69. The maximum absolute atomic E-state index is 12.2. The Labute approximate surface area is 147 Å². The van der Waals surface area contributed by atoms with Crippen LogP contribution < -0.4 is 10.0 Å². The predicted octanol–water partition coefficient (Wildman–Crippen LogP) is 1.63. The summed E-state index contributed by atoms with van der Waals surface area (Å²) in [5.74, 6) is 0.129. The van der Waals surface area contributed by atoms with Crippen LogP contribution in [-0.2, 0) is 21.2 Å². The molecule has 136 valence electrons. The maximum Gasteiger partial charge on any atom is 0.246 e. The first-order chi connectivity index (χ1) is 11.8. The summed E-state index contributed by atoms with van der Waals surface area (Å²) in [4.78, 5) is 11.9. The number of amides is 1. The molecule has 1 heterocycles. The molecular weight excluding hydrogens is 342 g/mol. The van der Waals surface area contributed by atoms with Gasteiger partial charge in [-0.25, -0.2) is 13.1 Å². The van der Waals surface area contributed by atoms with E-state index in [1.54, 1.807) is 13.8 Å². The SMILES string of the molecule is Cc1ccc(CCC(=O)NCCNS(=O)(=O)c2c(C)noc2C)cc1. The molecule has 0 fully saturated rings. The van der Waals surface area contributed by atoms with Gasteiger partial charge >= 0.3 is 0 Å². The van der Waals surface area contributed by atoms with Gasteiger partial charge in [-0.3, -0.25) is 4.79 Å². The second kappa shape index (κ2) is 8.26. The van der Waals surface area contributed by atoms with Crippen LogP contribution >= 0.6 is 0 Å². The smallest absolute Gasteiger partial charge is 0.246 e. The number of benzene rings is 1. The van der Waals surface area contributed by atoms with Gasteiger partial charge in [-0.2, -0.15) is 0 Å². The Hall–Kier alpha value is -2.19. The van der Waals surface area contributed by atoms with Gasteiger partial charge in [0, 0.05) is 19.5 Å². The van der Waals surface area contributed by atoms with Gasteiger partial charge in [0.05, 0.1) is 0 Å². The minimum atomic E-state index is -3.69. The minimum absolute atomic E-state index is 0.0539. The minimum Gasteiger partial charge on any atom is -0.360 e. The van der Waals surface area contributed by atoms with E-state index in [0.29, 0.717) is 18.5 Å². The van der Waals surface area contributed by atoms with E-state index in [2.05, 4.69) is 15.2 Å². The first-order valence-electron chi connectivity index (χ1n) is 8.04. The average molecular weight is 365 g/mol. The Morgan fingerprint density at radius 3 is 2.40 bits per heavy atom. The van der Waals surface area contributed by atoms with Gasteiger partial charge in [0.1, 0.15) is 10.6 Å². The van der Waals surface area contributed by atoms with Crippen molar-refractivity contribution in [3.63, 3.8) is 0 Å². The van der Waals surface area contributed by atoms with Crippen molar-refractivity contribution in [1.82, 2.24) is 15.2 Å². The van der Waals surface area contributed by atoms with Gasteiger partial charge in [-0.15, -0.1) is 0 Å². The molecule has 1 aromatic carbocycles. The van der Waals surface area contributed by atoms with Crippen LogP contribution in [0.5, 0.6) is 0 Å². The number of sulfonamides is 1. The third-order valence-corrected chi connectivity index (χ3v) is 5.44. The van der Waals surface area contributed by atoms with E-state index in [1.807, 2.05) is 31.2 Å². The van der Waals surface area contributed by atoms with Crippen LogP contribution in [0.1, 0.15) is 29.0 Å². The molecule has 0 aliphatic carbocycles. The number of aromatic nitrogens is 1. The number of nitrogens with one attached hydrogen (secondary N) is 2. The number of carbonyl (C=O) groups is 1. The molecule has 0 bridgehead atoms. The third-order valence-electron chi connectivity index (χ3n) is 3.74. The lowest BCUT2D eigenvalue weighted by atomic mass is 10.1. The van der Waals surface area contributed by atoms with Crippen molar-refractivity contribution in [1.29, 1.82) is 0 Å². The van der Waals surface area contributed by atoms with Gasteiger partial charge in [-0.05, 0) is 32.8 Å². The fraction of sp³-hybridized carbons (Fsp3) is 0.412. The summed E-state index contributed by atoms with van der Waals surface area (Å²) in [5.41, 5.74) is 2.59. The zero-order chi connectivity index (χ0) is 18.4. The van der Waals surface area contributed by atoms with E-state index in [4.69, 9.17) is 4.52 Å². The van der Waals surface area contributed by atoms with Crippen molar-refractivity contribution < 1.29 is 17.7 Å². The van der Waals surface area contributed by atoms with Crippen molar-refractivity contribution in [3.8, 4) is 0 Å². The normalized spacial score (nSPS) is 11.5. The van der Waals surface area contributed by atoms with Crippen LogP contribution in [0.2, 0.25) is 0 Å². The van der Waals surface area contributed by atoms with Crippen molar-refractivity contribution in [3.05, 3.63) is 46.8 Å². The van der Waals surface area contributed by atoms with E-state index in [9.17, 15) is 13.2 Å². The summed E-state index contributed by atoms with van der Waals surface area (Å²) in [6.45, 7) is 5.44. The first kappa shape index (κ1) is 19.1. The van der Waals surface area contributed by atoms with E-state index in [1.165, 1.54) is 5.56 Å². The molecule has 0 atom stereocenters. The Balaban J connectivity index is 1.73. The van der Waals surface area contributed by atoms with Crippen molar-refractivity contribution >= 4 is 15.9 Å². The van der Waals surface area contributed by atoms with Crippen molar-refractivity contribution in [2.45, 2.75) is 38.5 Å². The predicted molar refractivity (Wildman–Crippen MR) is 93.7 cm³/mol. The summed E-state index contributed by atoms with van der Waals surface area (Å²) >= 11 is 0. The molecule has 0 unspecified atom stereocenters. The van der Waals surface area contributed by atoms with Crippen LogP contribution in [0.25, 0.3) is 0 Å². The third kappa shape index (κ3) is 5.40. The van der Waals surface area contributed by atoms with Crippen molar-refractivity contribution in [2.24, 2.45) is 0 Å². The molecule has 7 nitrogen and oxygen atoms in total. The fourth-order valence-electron chi connectivity index (χ4n) is 2.42. The molecule has 0 saturated heterocycles. The summed E-state index contributed by atoms with van der Waals surface area (Å²) in [5, 5.41) is 6.34. The molecule has 2 N–H and O–H groups in total. The lowest BCUT2D eigenvalue weighted by Crippen LogP contribution is -2.35. The zero-order valence-electron chi connectivity index (χ0n) is 14.6. The zero-order valence-corrected chi connectivity index (χ0v) is 15.4. The van der Waals surface area contributed by atoms with Crippen molar-refractivity contribution in [2.75, 3.05) is 13.1 Å². The number of aryl methyl sites for hydroxylation is 4. The van der Waals surface area contributed by atoms with E-state index in [0.717, 1.165) is 5.56 Å². The highest BCUT2D eigenvalue weighted by Crippen LogP contribution is 2.18. The second-order valence-electron chi connectivity index (χ2n) is 5.89. The highest BCUT2D eigenvalue weighted by molar-refractivity contribution is 7.89. The molecule has 2 rings (SSSR count). The van der Waals surface area contributed by atoms with Crippen LogP contribution in [0.3, 0.4) is 0 Å². The first-order valence-corrected chi connectivity index (χ1v) is 9.52. The fourth-order valence-corrected chi connectivity index (χ4v) is 3.78. The average Bonchev–Trinajstić information content (AvgIpc) is 2.90. The molecule has 1 amide bonds. The molecule has 0 radical (unpaired) electrons. The summed E-state index contributed by atoms with van der Waals surface area (Å²) < 4.78 is 31.7. The molecular formula is C17H23N3O4S. The largest absolute Gasteiger partial charge is 0.360 e. The lowest BCUT2D eigenvalue weighted by molar-refractivity contribution is -0.121. The molecule has 0 aliphatic rings. The molecule has 1 aromatic heterocycles. The molecule has 0 aliphatic heterocycles. The van der Waals surface area contributed by atoms with Gasteiger partial charge in [0.2, 0.25) is 15.9 Å². The van der Waals surface area contributed by atoms with Gasteiger partial charge < -0.3 is 9.84 Å². The molecule has 8 heteroatoms. The highest BCUT2D eigenvalue weighted by atomic mass is 32.2. The Kier molecular flexibility index (Phi) is 6.33. The highest BCUT2D eigenvalue weighted by Gasteiger charge is 2.23. The van der Waals surface area contributed by atoms with Gasteiger partial charge in [-0.1, -0.05) is 35.0 Å². The second-order valence-corrected chi connectivity index (χ2v) is 7.59. The number of carbonyl (C=O) groups excluding carboxylic acids is 1. The Morgan fingerprint density at radius 1 is 1.12 bits per heavy atom. The van der Waals surface area contributed by atoms with E-state index >= 15 is 0 Å². The van der Waals surface area contributed by atoms with Crippen LogP contribution in [0, 0.1) is 20.8 Å². The molecule has 0 spiro atoms. The van der Waals surface area contributed by atoms with Gasteiger partial charge in [0.25, 0.3) is 0 Å². The molecule has 25 heavy (non-hydrogen) atoms. The standard InChI is InChI=1S/C17H23N3O4S/c1-12-4-6-15(7-5-12)8-9-16(21)18-10-11-19-25(22,23)17-13(2)20-24-14(17)3/h4-7,19H,8-11H2,1-3H3,(H,18,21). The summed E-state index contributed by atoms with van der Waals surface area (Å²) in [6, 6.07) is 8.02. The maximum atomic E-state index is 12.2. The molecule has 2 aromatic rings. The number of hydrogen-bond acceptors (Lipinski definition) is 5. The number of nitrogens with zero attached hydrogens (tertiary/aromatic N) is 1. The van der Waals surface area contributed by atoms with E-state index in [-0.39, 0.29) is 29.7 Å². The molecule has 0 saturated carbocycles. The Bertz CT molecular complexity index is 807. The monoisotopic (exact) mass is 365 g/mol. The topological polar surface area (TPSA) is 101 Å². The lowest BCUT2D eigenvalue weighted by Gasteiger charge is -2.08. The number of rotatable bonds is 8. The van der Waals surface area contributed by atoms with E-state index < -0.39 is 10.0 Å². The van der Waals surface area contributed by atoms with Crippen LogP contribution in [0.4, 0.5) is 0 Å².